The molecule has 4 rings (SSSR count). The van der Waals surface area contributed by atoms with Gasteiger partial charge in [0.05, 0.1) is 6.54 Å². The molecule has 0 radical (unpaired) electrons. The summed E-state index contributed by atoms with van der Waals surface area (Å²) in [4.78, 5) is 30.9. The molecule has 5 nitrogen and oxygen atoms in total. The van der Waals surface area contributed by atoms with Gasteiger partial charge in [0.15, 0.2) is 0 Å². The van der Waals surface area contributed by atoms with Crippen LogP contribution in [0.15, 0.2) is 72.9 Å². The Morgan fingerprint density at radius 1 is 0.929 bits per heavy atom. The highest BCUT2D eigenvalue weighted by molar-refractivity contribution is 5.97. The van der Waals surface area contributed by atoms with Gasteiger partial charge in [-0.1, -0.05) is 60.7 Å². The van der Waals surface area contributed by atoms with Crippen LogP contribution in [0.3, 0.4) is 0 Å². The second-order valence-corrected chi connectivity index (χ2v) is 6.78. The van der Waals surface area contributed by atoms with Crippen LogP contribution >= 0.6 is 0 Å². The van der Waals surface area contributed by atoms with Crippen LogP contribution in [0.5, 0.6) is 0 Å². The van der Waals surface area contributed by atoms with Crippen LogP contribution in [0.1, 0.15) is 16.9 Å². The Hall–Kier alpha value is -3.47. The first kappa shape index (κ1) is 17.9. The van der Waals surface area contributed by atoms with Gasteiger partial charge in [-0.3, -0.25) is 14.6 Å². The van der Waals surface area contributed by atoms with Crippen molar-refractivity contribution in [3.8, 4) is 22.3 Å². The molecule has 1 fully saturated rings. The average Bonchev–Trinajstić information content (AvgIpc) is 2.98. The summed E-state index contributed by atoms with van der Waals surface area (Å²) in [7, 11) is 0. The summed E-state index contributed by atoms with van der Waals surface area (Å²) in [6.07, 6.45) is 2.49. The summed E-state index contributed by atoms with van der Waals surface area (Å²) in [6.45, 7) is 1.21. The Balaban J connectivity index is 1.76. The highest BCUT2D eigenvalue weighted by Crippen LogP contribution is 2.32. The fraction of sp³-hybridized carbons (Fsp3) is 0.174. The van der Waals surface area contributed by atoms with E-state index in [0.717, 1.165) is 28.7 Å². The first-order valence-electron chi connectivity index (χ1n) is 9.39. The van der Waals surface area contributed by atoms with Gasteiger partial charge in [0, 0.05) is 24.8 Å². The molecule has 2 heterocycles. The van der Waals surface area contributed by atoms with Crippen molar-refractivity contribution < 1.29 is 9.59 Å². The highest BCUT2D eigenvalue weighted by Gasteiger charge is 2.23. The summed E-state index contributed by atoms with van der Waals surface area (Å²) in [6, 6.07) is 21.8. The first-order valence-corrected chi connectivity index (χ1v) is 9.39. The van der Waals surface area contributed by atoms with E-state index in [4.69, 9.17) is 0 Å². The van der Waals surface area contributed by atoms with E-state index < -0.39 is 0 Å². The number of aromatic nitrogens is 1. The zero-order valence-electron chi connectivity index (χ0n) is 15.5. The summed E-state index contributed by atoms with van der Waals surface area (Å²) in [5.41, 5.74) is 4.34. The maximum atomic E-state index is 13.0. The maximum Gasteiger partial charge on any atom is 0.272 e. The number of carbonyl (C=O) groups excluding carboxylic acids is 2. The molecule has 1 aliphatic rings. The van der Waals surface area contributed by atoms with E-state index in [1.165, 1.54) is 0 Å². The fourth-order valence-corrected chi connectivity index (χ4v) is 3.42. The van der Waals surface area contributed by atoms with E-state index in [0.29, 0.717) is 18.8 Å². The van der Waals surface area contributed by atoms with E-state index in [1.807, 2.05) is 66.7 Å². The van der Waals surface area contributed by atoms with Crippen LogP contribution in [-0.4, -0.2) is 41.3 Å². The van der Waals surface area contributed by atoms with E-state index >= 15 is 0 Å². The van der Waals surface area contributed by atoms with Crippen molar-refractivity contribution in [3.63, 3.8) is 0 Å². The number of benzene rings is 2. The van der Waals surface area contributed by atoms with Gasteiger partial charge < -0.3 is 10.2 Å². The normalized spacial score (nSPS) is 14.3. The lowest BCUT2D eigenvalue weighted by Crippen LogP contribution is -2.37. The van der Waals surface area contributed by atoms with E-state index in [1.54, 1.807) is 11.1 Å². The zero-order chi connectivity index (χ0) is 19.3. The molecule has 0 aliphatic carbocycles. The van der Waals surface area contributed by atoms with Gasteiger partial charge in [-0.2, -0.15) is 0 Å². The number of nitrogens with one attached hydrogen (secondary N) is 1. The van der Waals surface area contributed by atoms with Gasteiger partial charge in [-0.15, -0.1) is 0 Å². The molecular formula is C23H21N3O2. The molecule has 0 bridgehead atoms. The third-order valence-corrected chi connectivity index (χ3v) is 4.84. The minimum Gasteiger partial charge on any atom is -0.354 e. The molecule has 0 unspecified atom stereocenters. The van der Waals surface area contributed by atoms with Crippen LogP contribution in [-0.2, 0) is 4.79 Å². The van der Waals surface area contributed by atoms with Gasteiger partial charge in [0.25, 0.3) is 5.91 Å². The molecule has 0 atom stereocenters. The van der Waals surface area contributed by atoms with Crippen LogP contribution in [0, 0.1) is 0 Å². The summed E-state index contributed by atoms with van der Waals surface area (Å²) >= 11 is 0. The van der Waals surface area contributed by atoms with Gasteiger partial charge in [0.1, 0.15) is 5.69 Å². The predicted molar refractivity (Wildman–Crippen MR) is 109 cm³/mol. The van der Waals surface area contributed by atoms with Crippen molar-refractivity contribution in [1.29, 1.82) is 0 Å². The smallest absolute Gasteiger partial charge is 0.272 e. The molecule has 1 aromatic heterocycles. The second-order valence-electron chi connectivity index (χ2n) is 6.78. The Morgan fingerprint density at radius 2 is 1.57 bits per heavy atom. The predicted octanol–water partition coefficient (Wildman–Crippen LogP) is 3.38. The van der Waals surface area contributed by atoms with Crippen molar-refractivity contribution in [1.82, 2.24) is 15.2 Å². The van der Waals surface area contributed by atoms with Gasteiger partial charge in [0.2, 0.25) is 5.91 Å². The third-order valence-electron chi connectivity index (χ3n) is 4.84. The number of nitrogens with zero attached hydrogens (tertiary/aromatic N) is 2. The molecule has 2 aromatic carbocycles. The number of amides is 2. The Kier molecular flexibility index (Phi) is 5.15. The molecule has 1 N–H and O–H groups in total. The minimum absolute atomic E-state index is 0.0711. The quantitative estimate of drug-likeness (QED) is 0.768. The monoisotopic (exact) mass is 371 g/mol. The van der Waals surface area contributed by atoms with E-state index in [2.05, 4.69) is 10.3 Å². The van der Waals surface area contributed by atoms with E-state index in [9.17, 15) is 9.59 Å². The number of hydrogen-bond donors (Lipinski definition) is 1. The molecule has 5 heteroatoms. The van der Waals surface area contributed by atoms with Crippen LogP contribution in [0.2, 0.25) is 0 Å². The first-order chi connectivity index (χ1) is 13.7. The lowest BCUT2D eigenvalue weighted by atomic mass is 9.95. The number of pyridine rings is 1. The van der Waals surface area contributed by atoms with Crippen molar-refractivity contribution in [2.45, 2.75) is 6.42 Å². The summed E-state index contributed by atoms with van der Waals surface area (Å²) < 4.78 is 0. The lowest BCUT2D eigenvalue weighted by molar-refractivity contribution is -0.121. The average molecular weight is 371 g/mol. The number of carbonyl (C=O) groups is 2. The molecule has 1 aliphatic heterocycles. The van der Waals surface area contributed by atoms with Crippen LogP contribution in [0.25, 0.3) is 22.3 Å². The molecule has 0 saturated carbocycles. The second kappa shape index (κ2) is 8.05. The molecule has 0 spiro atoms. The number of hydrogen-bond acceptors (Lipinski definition) is 3. The van der Waals surface area contributed by atoms with E-state index in [-0.39, 0.29) is 18.4 Å². The molecular weight excluding hydrogens is 350 g/mol. The maximum absolute atomic E-state index is 13.0. The van der Waals surface area contributed by atoms with Gasteiger partial charge >= 0.3 is 0 Å². The minimum atomic E-state index is -0.214. The van der Waals surface area contributed by atoms with Crippen molar-refractivity contribution in [2.24, 2.45) is 0 Å². The largest absolute Gasteiger partial charge is 0.354 e. The molecule has 28 heavy (non-hydrogen) atoms. The van der Waals surface area contributed by atoms with Crippen molar-refractivity contribution in [2.75, 3.05) is 19.6 Å². The standard InChI is InChI=1S/C23H21N3O2/c27-22-16-26(13-7-12-24-22)23(28)21-14-19(17-8-3-1-4-9-17)20(15-25-21)18-10-5-2-6-11-18/h1-6,8-11,14-15H,7,12-13,16H2,(H,24,27). The molecule has 140 valence electrons. The van der Waals surface area contributed by atoms with Gasteiger partial charge in [-0.25, -0.2) is 0 Å². The third kappa shape index (κ3) is 3.78. The Labute approximate surface area is 164 Å². The summed E-state index contributed by atoms with van der Waals surface area (Å²) in [5, 5.41) is 2.80. The van der Waals surface area contributed by atoms with Crippen LogP contribution < -0.4 is 5.32 Å². The number of rotatable bonds is 3. The zero-order valence-corrected chi connectivity index (χ0v) is 15.5. The van der Waals surface area contributed by atoms with Crippen molar-refractivity contribution in [3.05, 3.63) is 78.6 Å². The Bertz CT molecular complexity index is 987. The van der Waals surface area contributed by atoms with Crippen LogP contribution in [0.4, 0.5) is 0 Å². The van der Waals surface area contributed by atoms with Gasteiger partial charge in [-0.05, 0) is 29.2 Å². The molecule has 2 amide bonds. The SMILES string of the molecule is O=C1CN(C(=O)c2cc(-c3ccccc3)c(-c3ccccc3)cn2)CCCN1. The topological polar surface area (TPSA) is 62.3 Å². The highest BCUT2D eigenvalue weighted by atomic mass is 16.2. The Morgan fingerprint density at radius 3 is 2.25 bits per heavy atom. The summed E-state index contributed by atoms with van der Waals surface area (Å²) in [5.74, 6) is -0.344. The lowest BCUT2D eigenvalue weighted by Gasteiger charge is -2.19. The van der Waals surface area contributed by atoms with Crippen molar-refractivity contribution >= 4 is 11.8 Å². The fourth-order valence-electron chi connectivity index (χ4n) is 3.42. The molecule has 3 aromatic rings. The molecule has 1 saturated heterocycles.